The van der Waals surface area contributed by atoms with Gasteiger partial charge in [-0.2, -0.15) is 0 Å². The van der Waals surface area contributed by atoms with Crippen LogP contribution in [0.2, 0.25) is 0 Å². The number of benzene rings is 1. The van der Waals surface area contributed by atoms with Crippen LogP contribution in [0.4, 0.5) is 0 Å². The van der Waals surface area contributed by atoms with Crippen LogP contribution >= 0.6 is 0 Å². The van der Waals surface area contributed by atoms with Gasteiger partial charge >= 0.3 is 0 Å². The zero-order chi connectivity index (χ0) is 15.1. The van der Waals surface area contributed by atoms with Crippen LogP contribution in [-0.4, -0.2) is 42.2 Å². The number of carbonyl (C=O) groups excluding carboxylic acids is 2. The maximum Gasteiger partial charge on any atom is 0.243 e. The Kier molecular flexibility index (Phi) is 5.86. The minimum absolute atomic E-state index is 0.190. The lowest BCUT2D eigenvalue weighted by Gasteiger charge is -2.23. The molecule has 2 amide bonds. The predicted octanol–water partition coefficient (Wildman–Crippen LogP) is -0.0411. The van der Waals surface area contributed by atoms with Crippen molar-refractivity contribution in [1.29, 1.82) is 0 Å². The highest BCUT2D eigenvalue weighted by atomic mass is 16.5. The molecule has 1 saturated heterocycles. The number of nitrogens with one attached hydrogen (secondary N) is 2. The van der Waals surface area contributed by atoms with Crippen LogP contribution in [0.5, 0.6) is 0 Å². The number of rotatable bonds is 7. The van der Waals surface area contributed by atoms with E-state index in [0.717, 1.165) is 5.56 Å². The highest BCUT2D eigenvalue weighted by Gasteiger charge is 2.26. The van der Waals surface area contributed by atoms with Crippen molar-refractivity contribution in [1.82, 2.24) is 10.6 Å². The summed E-state index contributed by atoms with van der Waals surface area (Å²) in [5, 5.41) is 15.0. The minimum atomic E-state index is -0.695. The minimum Gasteiger partial charge on any atom is -0.389 e. The lowest BCUT2D eigenvalue weighted by Crippen LogP contribution is -2.52. The van der Waals surface area contributed by atoms with Gasteiger partial charge in [-0.1, -0.05) is 30.3 Å². The molecule has 6 nitrogen and oxygen atoms in total. The fourth-order valence-electron chi connectivity index (χ4n) is 2.11. The third kappa shape index (κ3) is 5.26. The van der Waals surface area contributed by atoms with Crippen molar-refractivity contribution in [2.75, 3.05) is 13.2 Å². The second-order valence-corrected chi connectivity index (χ2v) is 5.07. The summed E-state index contributed by atoms with van der Waals surface area (Å²) in [4.78, 5) is 22.5. The first-order valence-electron chi connectivity index (χ1n) is 7.02. The van der Waals surface area contributed by atoms with Crippen LogP contribution in [-0.2, 0) is 20.9 Å². The summed E-state index contributed by atoms with van der Waals surface area (Å²) in [6, 6.07) is 9.27. The molecule has 0 bridgehead atoms. The van der Waals surface area contributed by atoms with E-state index < -0.39 is 12.1 Å². The van der Waals surface area contributed by atoms with Crippen LogP contribution in [0.15, 0.2) is 30.3 Å². The average molecular weight is 292 g/mol. The molecule has 1 aromatic carbocycles. The zero-order valence-corrected chi connectivity index (χ0v) is 11.7. The van der Waals surface area contributed by atoms with Gasteiger partial charge in [0, 0.05) is 13.0 Å². The van der Waals surface area contributed by atoms with Gasteiger partial charge in [0.15, 0.2) is 0 Å². The Morgan fingerprint density at radius 3 is 2.81 bits per heavy atom. The predicted molar refractivity (Wildman–Crippen MR) is 76.3 cm³/mol. The van der Waals surface area contributed by atoms with E-state index in [2.05, 4.69) is 10.6 Å². The van der Waals surface area contributed by atoms with Crippen molar-refractivity contribution in [3.8, 4) is 0 Å². The van der Waals surface area contributed by atoms with Crippen LogP contribution < -0.4 is 10.6 Å². The fraction of sp³-hybridized carbons (Fsp3) is 0.467. The van der Waals surface area contributed by atoms with E-state index in [1.165, 1.54) is 0 Å². The summed E-state index contributed by atoms with van der Waals surface area (Å²) in [5.74, 6) is -0.576. The van der Waals surface area contributed by atoms with Gasteiger partial charge in [0.25, 0.3) is 0 Å². The number of aliphatic hydroxyl groups is 1. The van der Waals surface area contributed by atoms with E-state index in [0.29, 0.717) is 19.4 Å². The van der Waals surface area contributed by atoms with Gasteiger partial charge in [-0.3, -0.25) is 14.9 Å². The Hall–Kier alpha value is -1.76. The summed E-state index contributed by atoms with van der Waals surface area (Å²) in [7, 11) is 0. The molecule has 21 heavy (non-hydrogen) atoms. The topological polar surface area (TPSA) is 87.7 Å². The van der Waals surface area contributed by atoms with Crippen molar-refractivity contribution < 1.29 is 19.4 Å². The summed E-state index contributed by atoms with van der Waals surface area (Å²) < 4.78 is 5.42. The first kappa shape index (κ1) is 15.6. The lowest BCUT2D eigenvalue weighted by atomic mass is 10.1. The molecule has 114 valence electrons. The highest BCUT2D eigenvalue weighted by Crippen LogP contribution is 2.04. The van der Waals surface area contributed by atoms with Crippen LogP contribution in [0, 0.1) is 0 Å². The highest BCUT2D eigenvalue weighted by molar-refractivity contribution is 6.00. The molecule has 1 fully saturated rings. The molecule has 2 unspecified atom stereocenters. The smallest absolute Gasteiger partial charge is 0.243 e. The van der Waals surface area contributed by atoms with E-state index in [1.807, 2.05) is 30.3 Å². The molecule has 2 rings (SSSR count). The maximum absolute atomic E-state index is 11.5. The Morgan fingerprint density at radius 2 is 2.10 bits per heavy atom. The molecular formula is C15H20N2O4. The van der Waals surface area contributed by atoms with Gasteiger partial charge < -0.3 is 15.2 Å². The number of aliphatic hydroxyl groups excluding tert-OH is 1. The molecular weight excluding hydrogens is 272 g/mol. The van der Waals surface area contributed by atoms with E-state index in [9.17, 15) is 14.7 Å². The van der Waals surface area contributed by atoms with Crippen molar-refractivity contribution in [3.63, 3.8) is 0 Å². The molecule has 2 atom stereocenters. The Morgan fingerprint density at radius 1 is 1.33 bits per heavy atom. The molecule has 0 radical (unpaired) electrons. The Labute approximate surface area is 123 Å². The van der Waals surface area contributed by atoms with E-state index >= 15 is 0 Å². The van der Waals surface area contributed by atoms with Crippen LogP contribution in [0.25, 0.3) is 0 Å². The molecule has 0 aliphatic carbocycles. The first-order chi connectivity index (χ1) is 10.1. The second kappa shape index (κ2) is 7.87. The third-order valence-electron chi connectivity index (χ3n) is 3.26. The van der Waals surface area contributed by atoms with Gasteiger partial charge in [0.05, 0.1) is 25.4 Å². The molecule has 6 heteroatoms. The Balaban J connectivity index is 1.62. The number of hydrogen-bond donors (Lipinski definition) is 3. The molecule has 1 heterocycles. The van der Waals surface area contributed by atoms with E-state index in [-0.39, 0.29) is 25.0 Å². The summed E-state index contributed by atoms with van der Waals surface area (Å²) in [5.41, 5.74) is 1.04. The summed E-state index contributed by atoms with van der Waals surface area (Å²) >= 11 is 0. The molecule has 0 aromatic heterocycles. The number of amides is 2. The largest absolute Gasteiger partial charge is 0.389 e. The zero-order valence-electron chi connectivity index (χ0n) is 11.7. The number of imide groups is 1. The van der Waals surface area contributed by atoms with Gasteiger partial charge in [-0.05, 0) is 12.0 Å². The molecule has 1 aliphatic rings. The van der Waals surface area contributed by atoms with Crippen molar-refractivity contribution in [2.45, 2.75) is 31.6 Å². The van der Waals surface area contributed by atoms with Crippen LogP contribution in [0.1, 0.15) is 18.4 Å². The summed E-state index contributed by atoms with van der Waals surface area (Å²) in [6.45, 7) is 0.881. The number of hydrogen-bond acceptors (Lipinski definition) is 5. The average Bonchev–Trinajstić information content (AvgIpc) is 2.47. The monoisotopic (exact) mass is 292 g/mol. The number of carbonyl (C=O) groups is 2. The molecule has 0 saturated carbocycles. The Bertz CT molecular complexity index is 478. The lowest BCUT2D eigenvalue weighted by molar-refractivity contribution is -0.134. The van der Waals surface area contributed by atoms with Gasteiger partial charge in [0.1, 0.15) is 0 Å². The maximum atomic E-state index is 11.5. The first-order valence-corrected chi connectivity index (χ1v) is 7.02. The quantitative estimate of drug-likeness (QED) is 0.614. The third-order valence-corrected chi connectivity index (χ3v) is 3.26. The summed E-state index contributed by atoms with van der Waals surface area (Å²) in [6.07, 6.45) is 0.0888. The standard InChI is InChI=1S/C15H20N2O4/c18-12(10-21-9-11-4-2-1-3-5-11)8-16-13-6-7-14(19)17-15(13)20/h1-5,12-13,16,18H,6-10H2,(H,17,19,20). The molecule has 1 aromatic rings. The van der Waals surface area contributed by atoms with Gasteiger partial charge in [-0.15, -0.1) is 0 Å². The second-order valence-electron chi connectivity index (χ2n) is 5.07. The number of piperidine rings is 1. The van der Waals surface area contributed by atoms with E-state index in [1.54, 1.807) is 0 Å². The SMILES string of the molecule is O=C1CCC(NCC(O)COCc2ccccc2)C(=O)N1. The van der Waals surface area contributed by atoms with Crippen molar-refractivity contribution >= 4 is 11.8 Å². The molecule has 1 aliphatic heterocycles. The molecule has 0 spiro atoms. The number of ether oxygens (including phenoxy) is 1. The normalized spacial score (nSPS) is 20.1. The van der Waals surface area contributed by atoms with Crippen molar-refractivity contribution in [2.24, 2.45) is 0 Å². The van der Waals surface area contributed by atoms with E-state index in [4.69, 9.17) is 4.74 Å². The van der Waals surface area contributed by atoms with Crippen molar-refractivity contribution in [3.05, 3.63) is 35.9 Å². The molecule has 3 N–H and O–H groups in total. The van der Waals surface area contributed by atoms with Gasteiger partial charge in [-0.25, -0.2) is 0 Å². The van der Waals surface area contributed by atoms with Gasteiger partial charge in [0.2, 0.25) is 11.8 Å². The fourth-order valence-corrected chi connectivity index (χ4v) is 2.11. The van der Waals surface area contributed by atoms with Crippen LogP contribution in [0.3, 0.4) is 0 Å².